The van der Waals surface area contributed by atoms with E-state index in [1.807, 2.05) is 61.5 Å². The lowest BCUT2D eigenvalue weighted by Crippen LogP contribution is -2.29. The van der Waals surface area contributed by atoms with E-state index >= 15 is 0 Å². The van der Waals surface area contributed by atoms with Crippen LogP contribution in [0.3, 0.4) is 0 Å². The van der Waals surface area contributed by atoms with E-state index < -0.39 is 29.3 Å². The van der Waals surface area contributed by atoms with Crippen LogP contribution < -0.4 is 9.64 Å². The Hall–Kier alpha value is -4.80. The second-order valence-corrected chi connectivity index (χ2v) is 12.4. The average Bonchev–Trinajstić information content (AvgIpc) is 3.60. The van der Waals surface area contributed by atoms with Gasteiger partial charge in [-0.25, -0.2) is 4.39 Å². The molecule has 6 rings (SSSR count). The van der Waals surface area contributed by atoms with E-state index in [2.05, 4.69) is 10.2 Å². The molecule has 220 valence electrons. The number of ketones is 1. The zero-order valence-corrected chi connectivity index (χ0v) is 25.4. The van der Waals surface area contributed by atoms with Gasteiger partial charge < -0.3 is 9.84 Å². The number of rotatable bonds is 8. The Labute approximate surface area is 261 Å². The summed E-state index contributed by atoms with van der Waals surface area (Å²) in [6, 6.07) is 27.4. The highest BCUT2D eigenvalue weighted by molar-refractivity contribution is 8.00. The minimum absolute atomic E-state index is 0.0828. The van der Waals surface area contributed by atoms with Gasteiger partial charge in [0, 0.05) is 11.3 Å². The number of ether oxygens (including phenoxy) is 1. The molecule has 1 aliphatic rings. The molecule has 0 saturated carbocycles. The summed E-state index contributed by atoms with van der Waals surface area (Å²) in [7, 11) is 0. The summed E-state index contributed by atoms with van der Waals surface area (Å²) >= 11 is 2.64. The number of benzene rings is 4. The number of amides is 1. The minimum Gasteiger partial charge on any atom is -0.507 e. The second kappa shape index (κ2) is 12.4. The molecule has 0 bridgehead atoms. The Morgan fingerprint density at radius 3 is 2.43 bits per heavy atom. The third-order valence-electron chi connectivity index (χ3n) is 7.13. The van der Waals surface area contributed by atoms with E-state index in [-0.39, 0.29) is 16.3 Å². The molecular formula is C34H26FN3O4S2. The first-order valence-electron chi connectivity index (χ1n) is 13.7. The van der Waals surface area contributed by atoms with Crippen LogP contribution in [0.1, 0.15) is 33.9 Å². The highest BCUT2D eigenvalue weighted by Crippen LogP contribution is 2.45. The highest BCUT2D eigenvalue weighted by atomic mass is 32.2. The molecule has 1 atom stereocenters. The number of aliphatic hydroxyl groups excluding tert-OH is 1. The van der Waals surface area contributed by atoms with Crippen LogP contribution in [0.5, 0.6) is 11.5 Å². The molecule has 10 heteroatoms. The van der Waals surface area contributed by atoms with Crippen molar-refractivity contribution in [1.82, 2.24) is 10.2 Å². The summed E-state index contributed by atoms with van der Waals surface area (Å²) in [5.74, 6) is -1.09. The second-order valence-electron chi connectivity index (χ2n) is 10.2. The lowest BCUT2D eigenvalue weighted by molar-refractivity contribution is -0.132. The number of aryl methyl sites for hydroxylation is 2. The third kappa shape index (κ3) is 5.99. The average molecular weight is 624 g/mol. The van der Waals surface area contributed by atoms with Gasteiger partial charge in [0.25, 0.3) is 5.78 Å². The molecule has 1 aromatic heterocycles. The van der Waals surface area contributed by atoms with Gasteiger partial charge in [-0.3, -0.25) is 14.5 Å². The molecule has 1 aliphatic heterocycles. The van der Waals surface area contributed by atoms with Gasteiger partial charge in [0.05, 0.1) is 11.6 Å². The zero-order chi connectivity index (χ0) is 30.8. The SMILES string of the molecule is Cc1ccc(CSc2nnc(N3C(=O)C(=O)/C(=C(/O)c4ccc(C)c(F)c4)C3c3cccc(Oc4ccccc4)c3)s2)cc1. The summed E-state index contributed by atoms with van der Waals surface area (Å²) in [6.45, 7) is 3.62. The molecule has 1 N–H and O–H groups in total. The Morgan fingerprint density at radius 2 is 1.68 bits per heavy atom. The Morgan fingerprint density at radius 1 is 0.932 bits per heavy atom. The van der Waals surface area contributed by atoms with Gasteiger partial charge in [-0.1, -0.05) is 95.4 Å². The van der Waals surface area contributed by atoms with Crippen LogP contribution in [0.4, 0.5) is 9.52 Å². The van der Waals surface area contributed by atoms with Gasteiger partial charge in [-0.05, 0) is 60.9 Å². The Bertz CT molecular complexity index is 1890. The minimum atomic E-state index is -1.07. The van der Waals surface area contributed by atoms with Crippen LogP contribution in [-0.4, -0.2) is 27.0 Å². The predicted molar refractivity (Wildman–Crippen MR) is 170 cm³/mol. The first-order valence-corrected chi connectivity index (χ1v) is 15.5. The molecule has 1 saturated heterocycles. The zero-order valence-electron chi connectivity index (χ0n) is 23.7. The number of para-hydroxylation sites is 1. The maximum Gasteiger partial charge on any atom is 0.301 e. The molecule has 44 heavy (non-hydrogen) atoms. The number of carbonyl (C=O) groups is 2. The summed E-state index contributed by atoms with van der Waals surface area (Å²) < 4.78 is 21.1. The summed E-state index contributed by atoms with van der Waals surface area (Å²) in [4.78, 5) is 28.4. The van der Waals surface area contributed by atoms with Crippen molar-refractivity contribution < 1.29 is 23.8 Å². The van der Waals surface area contributed by atoms with Crippen molar-refractivity contribution >= 4 is 45.7 Å². The Balaban J connectivity index is 1.40. The largest absolute Gasteiger partial charge is 0.507 e. The van der Waals surface area contributed by atoms with Crippen molar-refractivity contribution in [2.24, 2.45) is 0 Å². The van der Waals surface area contributed by atoms with E-state index in [0.29, 0.717) is 32.7 Å². The third-order valence-corrected chi connectivity index (χ3v) is 9.25. The summed E-state index contributed by atoms with van der Waals surface area (Å²) in [5.41, 5.74) is 3.06. The van der Waals surface area contributed by atoms with Crippen molar-refractivity contribution in [3.63, 3.8) is 0 Å². The normalized spacial score (nSPS) is 16.0. The maximum atomic E-state index is 14.5. The molecule has 5 aromatic rings. The number of halogens is 1. The maximum absolute atomic E-state index is 14.5. The van der Waals surface area contributed by atoms with Crippen LogP contribution in [0, 0.1) is 19.7 Å². The smallest absolute Gasteiger partial charge is 0.301 e. The van der Waals surface area contributed by atoms with Crippen LogP contribution in [-0.2, 0) is 15.3 Å². The van der Waals surface area contributed by atoms with Crippen molar-refractivity contribution in [1.29, 1.82) is 0 Å². The molecule has 4 aromatic carbocycles. The van der Waals surface area contributed by atoms with Crippen LogP contribution in [0.15, 0.2) is 107 Å². The van der Waals surface area contributed by atoms with Gasteiger partial charge in [-0.15, -0.1) is 10.2 Å². The molecular weight excluding hydrogens is 598 g/mol. The van der Waals surface area contributed by atoms with E-state index in [1.165, 1.54) is 45.7 Å². The fourth-order valence-corrected chi connectivity index (χ4v) is 6.62. The van der Waals surface area contributed by atoms with Gasteiger partial charge in [0.1, 0.15) is 23.1 Å². The van der Waals surface area contributed by atoms with Crippen molar-refractivity contribution in [2.45, 2.75) is 30.0 Å². The number of aliphatic hydroxyl groups is 1. The quantitative estimate of drug-likeness (QED) is 0.0616. The number of hydrogen-bond donors (Lipinski definition) is 1. The first kappa shape index (κ1) is 29.3. The van der Waals surface area contributed by atoms with E-state index in [9.17, 15) is 19.1 Å². The van der Waals surface area contributed by atoms with E-state index in [1.54, 1.807) is 31.2 Å². The van der Waals surface area contributed by atoms with Gasteiger partial charge in [0.15, 0.2) is 4.34 Å². The van der Waals surface area contributed by atoms with E-state index in [4.69, 9.17) is 4.74 Å². The topological polar surface area (TPSA) is 92.6 Å². The number of carbonyl (C=O) groups excluding carboxylic acids is 2. The van der Waals surface area contributed by atoms with Gasteiger partial charge in [-0.2, -0.15) is 0 Å². The van der Waals surface area contributed by atoms with Crippen LogP contribution >= 0.6 is 23.1 Å². The highest BCUT2D eigenvalue weighted by Gasteiger charge is 2.48. The standard InChI is InChI=1S/C34H26FN3O4S2/c1-20-11-14-22(15-12-20)19-43-34-37-36-33(44-34)38-29(23-7-6-10-26(17-23)42-25-8-4-3-5-9-25)28(31(40)32(38)41)30(39)24-16-13-21(2)27(35)18-24/h3-18,29,39H,19H2,1-2H3/b30-28+. The number of anilines is 1. The predicted octanol–water partition coefficient (Wildman–Crippen LogP) is 8.00. The lowest BCUT2D eigenvalue weighted by Gasteiger charge is -2.23. The fourth-order valence-electron chi connectivity index (χ4n) is 4.80. The fraction of sp³-hybridized carbons (Fsp3) is 0.118. The molecule has 0 aliphatic carbocycles. The monoisotopic (exact) mass is 623 g/mol. The number of aromatic nitrogens is 2. The van der Waals surface area contributed by atoms with Crippen LogP contribution in [0.25, 0.3) is 5.76 Å². The number of thioether (sulfide) groups is 1. The summed E-state index contributed by atoms with van der Waals surface area (Å²) in [6.07, 6.45) is 0. The lowest BCUT2D eigenvalue weighted by atomic mass is 9.95. The Kier molecular flexibility index (Phi) is 8.28. The molecule has 1 amide bonds. The number of nitrogens with zero attached hydrogens (tertiary/aromatic N) is 3. The van der Waals surface area contributed by atoms with Crippen molar-refractivity contribution in [3.05, 3.63) is 136 Å². The molecule has 0 radical (unpaired) electrons. The summed E-state index contributed by atoms with van der Waals surface area (Å²) in [5, 5.41) is 20.2. The van der Waals surface area contributed by atoms with Gasteiger partial charge in [0.2, 0.25) is 5.13 Å². The molecule has 1 unspecified atom stereocenters. The number of Topliss-reactive ketones (excluding diaryl/α,β-unsaturated/α-hetero) is 1. The first-order chi connectivity index (χ1) is 21.3. The molecule has 2 heterocycles. The molecule has 1 fully saturated rings. The van der Waals surface area contributed by atoms with Gasteiger partial charge >= 0.3 is 5.91 Å². The van der Waals surface area contributed by atoms with Crippen molar-refractivity contribution in [3.8, 4) is 11.5 Å². The van der Waals surface area contributed by atoms with E-state index in [0.717, 1.165) is 11.6 Å². The molecule has 0 spiro atoms. The number of hydrogen-bond acceptors (Lipinski definition) is 8. The molecule has 7 nitrogen and oxygen atoms in total. The van der Waals surface area contributed by atoms with Crippen LogP contribution in [0.2, 0.25) is 0 Å². The van der Waals surface area contributed by atoms with Crippen molar-refractivity contribution in [2.75, 3.05) is 4.90 Å².